The molecule has 2 fully saturated rings. The van der Waals surface area contributed by atoms with E-state index in [0.717, 1.165) is 0 Å². The van der Waals surface area contributed by atoms with E-state index in [1.165, 1.54) is 17.8 Å². The highest BCUT2D eigenvalue weighted by Gasteiger charge is 2.59. The highest BCUT2D eigenvalue weighted by molar-refractivity contribution is 7.52. The first-order chi connectivity index (χ1) is 23.7. The maximum atomic E-state index is 14.5. The van der Waals surface area contributed by atoms with Gasteiger partial charge in [-0.1, -0.05) is 45.9 Å². The minimum absolute atomic E-state index is 0.187. The van der Waals surface area contributed by atoms with Gasteiger partial charge in [0.05, 0.1) is 37.4 Å². The minimum Gasteiger partial charge on any atom is -0.459 e. The molecule has 2 saturated heterocycles. The van der Waals surface area contributed by atoms with Gasteiger partial charge in [-0.05, 0) is 38.1 Å². The number of aromatic nitrogens is 3. The molecule has 16 nitrogen and oxygen atoms in total. The Hall–Kier alpha value is -4.08. The SMILES string of the molecule is CC(C)C(=O)O[C@H]1[C@H](c2ccc3c(N)ncnn23)O[C@](C)(COP(=O)(N[C@@H](C)C(=O)O[C@@H]2CCOC2)Oc2ccccc2)[C@H]1OC(=O)C(C)C. The number of benzene rings is 1. The quantitative estimate of drug-likeness (QED) is 0.138. The Labute approximate surface area is 289 Å². The molecule has 0 saturated carbocycles. The van der Waals surface area contributed by atoms with Crippen LogP contribution in [0.25, 0.3) is 5.52 Å². The fourth-order valence-corrected chi connectivity index (χ4v) is 6.98. The Morgan fingerprint density at radius 2 is 1.72 bits per heavy atom. The van der Waals surface area contributed by atoms with Crippen molar-refractivity contribution >= 4 is 37.0 Å². The lowest BCUT2D eigenvalue weighted by molar-refractivity contribution is -0.175. The summed E-state index contributed by atoms with van der Waals surface area (Å²) in [6.45, 7) is 9.89. The zero-order valence-electron chi connectivity index (χ0n) is 28.8. The third-order valence-electron chi connectivity index (χ3n) is 8.20. The number of anilines is 1. The maximum Gasteiger partial charge on any atom is 0.459 e. The van der Waals surface area contributed by atoms with Crippen molar-refractivity contribution in [3.05, 3.63) is 54.5 Å². The van der Waals surface area contributed by atoms with Gasteiger partial charge in [0.2, 0.25) is 0 Å². The highest BCUT2D eigenvalue weighted by atomic mass is 31.2. The number of para-hydroxylation sites is 1. The molecular formula is C33H44N5O11P. The molecule has 0 bridgehead atoms. The van der Waals surface area contributed by atoms with Crippen LogP contribution in [-0.2, 0) is 47.2 Å². The molecule has 3 N–H and O–H groups in total. The molecule has 272 valence electrons. The molecule has 0 aliphatic carbocycles. The molecule has 0 radical (unpaired) electrons. The van der Waals surface area contributed by atoms with Crippen LogP contribution >= 0.6 is 7.75 Å². The molecule has 1 aromatic carbocycles. The first kappa shape index (κ1) is 37.2. The number of carbonyl (C=O) groups excluding carboxylic acids is 3. The lowest BCUT2D eigenvalue weighted by atomic mass is 9.95. The molecule has 0 amide bonds. The average molecular weight is 718 g/mol. The van der Waals surface area contributed by atoms with Gasteiger partial charge in [-0.3, -0.25) is 18.9 Å². The van der Waals surface area contributed by atoms with E-state index >= 15 is 0 Å². The van der Waals surface area contributed by atoms with E-state index in [-0.39, 0.29) is 18.2 Å². The number of nitrogens with zero attached hydrogens (tertiary/aromatic N) is 3. The van der Waals surface area contributed by atoms with Crippen LogP contribution in [-0.4, -0.2) is 82.3 Å². The zero-order valence-corrected chi connectivity index (χ0v) is 29.7. The molecule has 50 heavy (non-hydrogen) atoms. The number of esters is 3. The summed E-state index contributed by atoms with van der Waals surface area (Å²) in [7, 11) is -4.41. The smallest absolute Gasteiger partial charge is 0.459 e. The van der Waals surface area contributed by atoms with E-state index in [2.05, 4.69) is 15.2 Å². The first-order valence-corrected chi connectivity index (χ1v) is 18.0. The standard InChI is InChI=1S/C33H44N5O11P/c1-19(2)30(39)46-27-26(24-12-13-25-29(34)35-18-36-38(24)25)48-33(6,28(27)47-31(40)20(3)4)17-44-50(42,49-22-10-8-7-9-11-22)37-21(5)32(41)45-23-14-15-43-16-23/h7-13,18-21,23,26-28H,14-17H2,1-6H3,(H,37,42)(H2,34,35,36)/t21-,23+,26-,27-,28-,33+,50?/m0/s1. The van der Waals surface area contributed by atoms with Gasteiger partial charge in [0.15, 0.2) is 18.0 Å². The van der Waals surface area contributed by atoms with E-state index in [1.54, 1.807) is 77.1 Å². The predicted molar refractivity (Wildman–Crippen MR) is 178 cm³/mol. The zero-order chi connectivity index (χ0) is 36.2. The molecule has 7 atom stereocenters. The molecule has 2 aliphatic heterocycles. The van der Waals surface area contributed by atoms with Crippen molar-refractivity contribution in [3.63, 3.8) is 0 Å². The molecule has 3 aromatic rings. The van der Waals surface area contributed by atoms with Crippen LogP contribution in [0.2, 0.25) is 0 Å². The van der Waals surface area contributed by atoms with Crippen molar-refractivity contribution in [1.82, 2.24) is 19.7 Å². The summed E-state index contributed by atoms with van der Waals surface area (Å²) in [6.07, 6.45) is -2.18. The lowest BCUT2D eigenvalue weighted by Crippen LogP contribution is -2.49. The lowest BCUT2D eigenvalue weighted by Gasteiger charge is -2.33. The van der Waals surface area contributed by atoms with Gasteiger partial charge in [-0.25, -0.2) is 14.1 Å². The van der Waals surface area contributed by atoms with E-state index in [9.17, 15) is 18.9 Å². The summed E-state index contributed by atoms with van der Waals surface area (Å²) < 4.78 is 57.2. The molecule has 17 heteroatoms. The number of nitrogen functional groups attached to an aromatic ring is 1. The Bertz CT molecular complexity index is 1710. The number of nitrogens with one attached hydrogen (secondary N) is 1. The Kier molecular flexibility index (Phi) is 11.5. The van der Waals surface area contributed by atoms with Crippen LogP contribution < -0.4 is 15.3 Å². The summed E-state index contributed by atoms with van der Waals surface area (Å²) in [5.41, 5.74) is 5.36. The van der Waals surface area contributed by atoms with E-state index in [0.29, 0.717) is 24.2 Å². The topological polar surface area (TPSA) is 201 Å². The van der Waals surface area contributed by atoms with Crippen LogP contribution in [0.15, 0.2) is 48.8 Å². The first-order valence-electron chi connectivity index (χ1n) is 16.4. The third-order valence-corrected chi connectivity index (χ3v) is 9.83. The van der Waals surface area contributed by atoms with Crippen molar-refractivity contribution in [2.24, 2.45) is 11.8 Å². The monoisotopic (exact) mass is 717 g/mol. The van der Waals surface area contributed by atoms with Crippen LogP contribution in [0.4, 0.5) is 5.82 Å². The molecule has 4 heterocycles. The summed E-state index contributed by atoms with van der Waals surface area (Å²) in [5.74, 6) is -2.57. The van der Waals surface area contributed by atoms with E-state index in [4.69, 9.17) is 38.5 Å². The second kappa shape index (κ2) is 15.4. The second-order valence-corrected chi connectivity index (χ2v) is 14.8. The largest absolute Gasteiger partial charge is 0.459 e. The number of nitrogens with two attached hydrogens (primary N) is 1. The average Bonchev–Trinajstić information content (AvgIpc) is 3.80. The fourth-order valence-electron chi connectivity index (χ4n) is 5.40. The molecule has 2 aliphatic rings. The molecule has 5 rings (SSSR count). The van der Waals surface area contributed by atoms with Crippen molar-refractivity contribution < 1.29 is 51.7 Å². The molecule has 1 unspecified atom stereocenters. The predicted octanol–water partition coefficient (Wildman–Crippen LogP) is 3.79. The third kappa shape index (κ3) is 8.44. The Morgan fingerprint density at radius 1 is 1.02 bits per heavy atom. The number of hydrogen-bond acceptors (Lipinski definition) is 14. The maximum absolute atomic E-state index is 14.5. The van der Waals surface area contributed by atoms with Gasteiger partial charge in [0, 0.05) is 6.42 Å². The number of carbonyl (C=O) groups is 3. The fraction of sp³-hybridized carbons (Fsp3) is 0.545. The highest BCUT2D eigenvalue weighted by Crippen LogP contribution is 2.50. The van der Waals surface area contributed by atoms with Crippen LogP contribution in [0.3, 0.4) is 0 Å². The van der Waals surface area contributed by atoms with Gasteiger partial charge < -0.3 is 33.9 Å². The number of ether oxygens (including phenoxy) is 5. The summed E-state index contributed by atoms with van der Waals surface area (Å²) >= 11 is 0. The van der Waals surface area contributed by atoms with Crippen LogP contribution in [0.1, 0.15) is 59.8 Å². The summed E-state index contributed by atoms with van der Waals surface area (Å²) in [5, 5.41) is 6.99. The van der Waals surface area contributed by atoms with Gasteiger partial charge in [-0.15, -0.1) is 0 Å². The van der Waals surface area contributed by atoms with E-state index < -0.39 is 80.2 Å². The van der Waals surface area contributed by atoms with Crippen molar-refractivity contribution in [2.45, 2.75) is 84.0 Å². The van der Waals surface area contributed by atoms with Gasteiger partial charge in [0.25, 0.3) is 0 Å². The number of hydrogen-bond donors (Lipinski definition) is 2. The normalized spacial score (nSPS) is 25.4. The van der Waals surface area contributed by atoms with Crippen molar-refractivity contribution in [1.29, 1.82) is 0 Å². The van der Waals surface area contributed by atoms with Gasteiger partial charge in [0.1, 0.15) is 41.4 Å². The Morgan fingerprint density at radius 3 is 2.38 bits per heavy atom. The van der Waals surface area contributed by atoms with Crippen molar-refractivity contribution in [2.75, 3.05) is 25.6 Å². The van der Waals surface area contributed by atoms with E-state index in [1.807, 2.05) is 0 Å². The molecule has 0 spiro atoms. The molecule has 2 aromatic heterocycles. The minimum atomic E-state index is -4.41. The number of rotatable bonds is 14. The van der Waals surface area contributed by atoms with Crippen molar-refractivity contribution in [3.8, 4) is 5.75 Å². The number of fused-ring (bicyclic) bond motifs is 1. The second-order valence-electron chi connectivity index (χ2n) is 13.1. The summed E-state index contributed by atoms with van der Waals surface area (Å²) in [6, 6.07) is 10.5. The van der Waals surface area contributed by atoms with Crippen LogP contribution in [0.5, 0.6) is 5.75 Å². The summed E-state index contributed by atoms with van der Waals surface area (Å²) in [4.78, 5) is 43.3. The van der Waals surface area contributed by atoms with Gasteiger partial charge in [-0.2, -0.15) is 10.2 Å². The van der Waals surface area contributed by atoms with Gasteiger partial charge >= 0.3 is 25.7 Å². The Balaban J connectivity index is 1.49. The van der Waals surface area contributed by atoms with Crippen LogP contribution in [0, 0.1) is 11.8 Å². The molecular weight excluding hydrogens is 673 g/mol.